The highest BCUT2D eigenvalue weighted by Gasteiger charge is 1.99. The standard InChI is InChI=1S/C20H22O2/c1-3-4-15-22-20-13-11-19(12-14-20)18-9-7-17(8-10-18)6-5-16(2)21/h5-14H,3-4,15H2,1-2H3/b6-5+. The van der Waals surface area contributed by atoms with Crippen molar-refractivity contribution in [3.05, 3.63) is 60.2 Å². The molecule has 0 unspecified atom stereocenters. The number of carbonyl (C=O) groups excluding carboxylic acids is 1. The summed E-state index contributed by atoms with van der Waals surface area (Å²) in [6.07, 6.45) is 5.63. The normalized spacial score (nSPS) is 10.8. The van der Waals surface area contributed by atoms with Crippen molar-refractivity contribution in [1.29, 1.82) is 0 Å². The Morgan fingerprint density at radius 2 is 1.59 bits per heavy atom. The van der Waals surface area contributed by atoms with Gasteiger partial charge in [0.1, 0.15) is 5.75 Å². The van der Waals surface area contributed by atoms with Crippen LogP contribution in [0.15, 0.2) is 54.6 Å². The summed E-state index contributed by atoms with van der Waals surface area (Å²) in [7, 11) is 0. The summed E-state index contributed by atoms with van der Waals surface area (Å²) in [6.45, 7) is 4.48. The third kappa shape index (κ3) is 4.88. The Bertz CT molecular complexity index is 622. The average Bonchev–Trinajstić information content (AvgIpc) is 2.54. The van der Waals surface area contributed by atoms with Crippen molar-refractivity contribution in [3.63, 3.8) is 0 Å². The SMILES string of the molecule is CCCCOc1ccc(-c2ccc(/C=C/C(C)=O)cc2)cc1. The summed E-state index contributed by atoms with van der Waals surface area (Å²) < 4.78 is 5.67. The number of carbonyl (C=O) groups is 1. The second kappa shape index (κ2) is 8.18. The molecule has 0 atom stereocenters. The lowest BCUT2D eigenvalue weighted by molar-refractivity contribution is -0.112. The minimum Gasteiger partial charge on any atom is -0.494 e. The first-order chi connectivity index (χ1) is 10.7. The fourth-order valence-electron chi connectivity index (χ4n) is 2.08. The molecule has 0 N–H and O–H groups in total. The third-order valence-corrected chi connectivity index (χ3v) is 3.38. The van der Waals surface area contributed by atoms with Crippen LogP contribution in [0.4, 0.5) is 0 Å². The Hall–Kier alpha value is -2.35. The molecule has 2 heteroatoms. The number of unbranched alkanes of at least 4 members (excludes halogenated alkanes) is 1. The van der Waals surface area contributed by atoms with Crippen molar-refractivity contribution in [3.8, 4) is 16.9 Å². The Labute approximate surface area is 132 Å². The zero-order valence-electron chi connectivity index (χ0n) is 13.2. The molecule has 2 aromatic rings. The number of hydrogen-bond acceptors (Lipinski definition) is 2. The van der Waals surface area contributed by atoms with Gasteiger partial charge in [-0.05, 0) is 48.2 Å². The first-order valence-corrected chi connectivity index (χ1v) is 7.71. The van der Waals surface area contributed by atoms with Gasteiger partial charge in [-0.2, -0.15) is 0 Å². The largest absolute Gasteiger partial charge is 0.494 e. The zero-order valence-corrected chi connectivity index (χ0v) is 13.2. The van der Waals surface area contributed by atoms with Gasteiger partial charge >= 0.3 is 0 Å². The number of ether oxygens (including phenoxy) is 1. The molecular weight excluding hydrogens is 272 g/mol. The number of allylic oxidation sites excluding steroid dienone is 1. The van der Waals surface area contributed by atoms with Crippen LogP contribution < -0.4 is 4.74 Å². The average molecular weight is 294 g/mol. The molecule has 0 heterocycles. The lowest BCUT2D eigenvalue weighted by Gasteiger charge is -2.07. The Morgan fingerprint density at radius 1 is 1.00 bits per heavy atom. The van der Waals surface area contributed by atoms with Gasteiger partial charge in [-0.3, -0.25) is 4.79 Å². The van der Waals surface area contributed by atoms with Gasteiger partial charge < -0.3 is 4.74 Å². The van der Waals surface area contributed by atoms with Crippen LogP contribution >= 0.6 is 0 Å². The van der Waals surface area contributed by atoms with E-state index in [-0.39, 0.29) is 5.78 Å². The lowest BCUT2D eigenvalue weighted by Crippen LogP contribution is -1.95. The number of ketones is 1. The number of hydrogen-bond donors (Lipinski definition) is 0. The summed E-state index contributed by atoms with van der Waals surface area (Å²) in [4.78, 5) is 10.9. The summed E-state index contributed by atoms with van der Waals surface area (Å²) >= 11 is 0. The molecule has 0 saturated carbocycles. The molecule has 2 aromatic carbocycles. The van der Waals surface area contributed by atoms with Gasteiger partial charge in [-0.15, -0.1) is 0 Å². The smallest absolute Gasteiger partial charge is 0.152 e. The summed E-state index contributed by atoms with van der Waals surface area (Å²) in [5.41, 5.74) is 3.34. The molecule has 0 aromatic heterocycles. The van der Waals surface area contributed by atoms with Crippen molar-refractivity contribution in [2.75, 3.05) is 6.61 Å². The van der Waals surface area contributed by atoms with E-state index in [0.29, 0.717) is 0 Å². The molecule has 0 fully saturated rings. The molecule has 0 aliphatic heterocycles. The van der Waals surface area contributed by atoms with Crippen LogP contribution in [0.5, 0.6) is 5.75 Å². The molecule has 22 heavy (non-hydrogen) atoms. The van der Waals surface area contributed by atoms with Crippen molar-refractivity contribution in [1.82, 2.24) is 0 Å². The van der Waals surface area contributed by atoms with E-state index >= 15 is 0 Å². The first kappa shape index (κ1) is 16.0. The zero-order chi connectivity index (χ0) is 15.8. The van der Waals surface area contributed by atoms with Gasteiger partial charge in [-0.25, -0.2) is 0 Å². The third-order valence-electron chi connectivity index (χ3n) is 3.38. The predicted molar refractivity (Wildman–Crippen MR) is 92.0 cm³/mol. The topological polar surface area (TPSA) is 26.3 Å². The minimum absolute atomic E-state index is 0.0581. The summed E-state index contributed by atoms with van der Waals surface area (Å²) in [6, 6.07) is 16.3. The molecule has 0 aliphatic carbocycles. The fraction of sp³-hybridized carbons (Fsp3) is 0.250. The van der Waals surface area contributed by atoms with Crippen molar-refractivity contribution in [2.24, 2.45) is 0 Å². The van der Waals surface area contributed by atoms with E-state index in [4.69, 9.17) is 4.74 Å². The molecule has 0 spiro atoms. The molecule has 0 radical (unpaired) electrons. The van der Waals surface area contributed by atoms with E-state index in [2.05, 4.69) is 31.2 Å². The molecular formula is C20H22O2. The summed E-state index contributed by atoms with van der Waals surface area (Å²) in [5, 5.41) is 0. The van der Waals surface area contributed by atoms with Gasteiger partial charge in [0.25, 0.3) is 0 Å². The molecule has 2 rings (SSSR count). The highest BCUT2D eigenvalue weighted by Crippen LogP contribution is 2.23. The van der Waals surface area contributed by atoms with Crippen LogP contribution in [-0.2, 0) is 4.79 Å². The van der Waals surface area contributed by atoms with Crippen LogP contribution in [0.25, 0.3) is 17.2 Å². The van der Waals surface area contributed by atoms with Gasteiger partial charge in [-0.1, -0.05) is 55.8 Å². The highest BCUT2D eigenvalue weighted by atomic mass is 16.5. The van der Waals surface area contributed by atoms with Crippen molar-refractivity contribution >= 4 is 11.9 Å². The second-order valence-electron chi connectivity index (χ2n) is 5.29. The van der Waals surface area contributed by atoms with Crippen LogP contribution in [-0.4, -0.2) is 12.4 Å². The lowest BCUT2D eigenvalue weighted by atomic mass is 10.0. The summed E-state index contributed by atoms with van der Waals surface area (Å²) in [5.74, 6) is 0.973. The van der Waals surface area contributed by atoms with Crippen LogP contribution in [0.2, 0.25) is 0 Å². The van der Waals surface area contributed by atoms with Gasteiger partial charge in [0.05, 0.1) is 6.61 Å². The van der Waals surface area contributed by atoms with Crippen molar-refractivity contribution in [2.45, 2.75) is 26.7 Å². The Morgan fingerprint density at radius 3 is 2.14 bits per heavy atom. The first-order valence-electron chi connectivity index (χ1n) is 7.71. The quantitative estimate of drug-likeness (QED) is 0.522. The van der Waals surface area contributed by atoms with Gasteiger partial charge in [0.2, 0.25) is 0 Å². The second-order valence-corrected chi connectivity index (χ2v) is 5.29. The van der Waals surface area contributed by atoms with E-state index in [1.165, 1.54) is 0 Å². The van der Waals surface area contributed by atoms with E-state index in [1.54, 1.807) is 13.0 Å². The van der Waals surface area contributed by atoms with Gasteiger partial charge in [0, 0.05) is 0 Å². The molecule has 0 bridgehead atoms. The Kier molecular flexibility index (Phi) is 5.96. The monoisotopic (exact) mass is 294 g/mol. The predicted octanol–water partition coefficient (Wildman–Crippen LogP) is 5.13. The van der Waals surface area contributed by atoms with E-state index in [1.807, 2.05) is 30.3 Å². The van der Waals surface area contributed by atoms with Gasteiger partial charge in [0.15, 0.2) is 5.78 Å². The van der Waals surface area contributed by atoms with Crippen LogP contribution in [0, 0.1) is 0 Å². The fourth-order valence-corrected chi connectivity index (χ4v) is 2.08. The van der Waals surface area contributed by atoms with Crippen molar-refractivity contribution < 1.29 is 9.53 Å². The molecule has 0 aliphatic rings. The van der Waals surface area contributed by atoms with E-state index in [9.17, 15) is 4.79 Å². The van der Waals surface area contributed by atoms with E-state index < -0.39 is 0 Å². The highest BCUT2D eigenvalue weighted by molar-refractivity contribution is 5.91. The maximum Gasteiger partial charge on any atom is 0.152 e. The molecule has 0 saturated heterocycles. The molecule has 114 valence electrons. The maximum atomic E-state index is 10.9. The minimum atomic E-state index is 0.0581. The van der Waals surface area contributed by atoms with Crippen LogP contribution in [0.3, 0.4) is 0 Å². The number of rotatable bonds is 7. The maximum absolute atomic E-state index is 10.9. The number of benzene rings is 2. The van der Waals surface area contributed by atoms with E-state index in [0.717, 1.165) is 41.9 Å². The molecule has 0 amide bonds. The Balaban J connectivity index is 2.03. The van der Waals surface area contributed by atoms with Crippen LogP contribution in [0.1, 0.15) is 32.3 Å². The molecule has 2 nitrogen and oxygen atoms in total.